The van der Waals surface area contributed by atoms with Crippen molar-refractivity contribution in [2.24, 2.45) is 0 Å². The molecule has 2 aromatic rings. The normalized spacial score (nSPS) is 10.2. The lowest BCUT2D eigenvalue weighted by Crippen LogP contribution is -2.36. The van der Waals surface area contributed by atoms with Gasteiger partial charge in [-0.3, -0.25) is 9.59 Å². The minimum Gasteiger partial charge on any atom is -0.497 e. The number of aliphatic carboxylic acids is 1. The first-order valence-corrected chi connectivity index (χ1v) is 7.78. The van der Waals surface area contributed by atoms with Gasteiger partial charge in [0, 0.05) is 12.1 Å². The van der Waals surface area contributed by atoms with E-state index in [0.29, 0.717) is 17.1 Å². The van der Waals surface area contributed by atoms with Gasteiger partial charge in [-0.05, 0) is 23.8 Å². The van der Waals surface area contributed by atoms with Crippen LogP contribution < -0.4 is 9.47 Å². The Morgan fingerprint density at radius 2 is 1.76 bits per heavy atom. The fourth-order valence-corrected chi connectivity index (χ4v) is 2.49. The molecule has 6 heteroatoms. The van der Waals surface area contributed by atoms with Crippen LogP contribution >= 0.6 is 0 Å². The molecule has 0 unspecified atom stereocenters. The quantitative estimate of drug-likeness (QED) is 0.796. The van der Waals surface area contributed by atoms with Crippen LogP contribution in [0.5, 0.6) is 11.5 Å². The molecule has 0 spiro atoms. The van der Waals surface area contributed by atoms with Crippen LogP contribution in [0.1, 0.15) is 11.1 Å². The van der Waals surface area contributed by atoms with E-state index in [-0.39, 0.29) is 25.4 Å². The molecule has 0 fully saturated rings. The molecule has 0 aliphatic carbocycles. The first-order chi connectivity index (χ1) is 12.0. The van der Waals surface area contributed by atoms with Crippen LogP contribution in [-0.4, -0.2) is 42.6 Å². The van der Waals surface area contributed by atoms with Crippen LogP contribution in [0.2, 0.25) is 0 Å². The highest BCUT2D eigenvalue weighted by molar-refractivity contribution is 5.83. The Hall–Kier alpha value is -3.02. The van der Waals surface area contributed by atoms with Gasteiger partial charge in [0.2, 0.25) is 5.91 Å². The smallest absolute Gasteiger partial charge is 0.323 e. The maximum Gasteiger partial charge on any atom is 0.323 e. The zero-order valence-electron chi connectivity index (χ0n) is 14.3. The lowest BCUT2D eigenvalue weighted by atomic mass is 10.1. The van der Waals surface area contributed by atoms with Gasteiger partial charge in [0.1, 0.15) is 18.0 Å². The maximum atomic E-state index is 12.7. The minimum atomic E-state index is -1.05. The molecule has 0 radical (unpaired) electrons. The van der Waals surface area contributed by atoms with Crippen molar-refractivity contribution >= 4 is 11.9 Å². The number of ether oxygens (including phenoxy) is 2. The van der Waals surface area contributed by atoms with Gasteiger partial charge >= 0.3 is 5.97 Å². The topological polar surface area (TPSA) is 76.1 Å². The van der Waals surface area contributed by atoms with Crippen LogP contribution in [0.3, 0.4) is 0 Å². The number of carbonyl (C=O) groups is 2. The van der Waals surface area contributed by atoms with Crippen molar-refractivity contribution in [3.63, 3.8) is 0 Å². The highest BCUT2D eigenvalue weighted by Crippen LogP contribution is 2.25. The molecule has 1 N–H and O–H groups in total. The first kappa shape index (κ1) is 18.3. The van der Waals surface area contributed by atoms with Crippen LogP contribution in [-0.2, 0) is 22.6 Å². The summed E-state index contributed by atoms with van der Waals surface area (Å²) in [6, 6.07) is 14.5. The molecule has 0 aliphatic rings. The fourth-order valence-electron chi connectivity index (χ4n) is 2.49. The van der Waals surface area contributed by atoms with Crippen LogP contribution in [0.25, 0.3) is 0 Å². The molecule has 6 nitrogen and oxygen atoms in total. The van der Waals surface area contributed by atoms with Crippen LogP contribution in [0.15, 0.2) is 48.5 Å². The molecule has 132 valence electrons. The van der Waals surface area contributed by atoms with Gasteiger partial charge in [-0.2, -0.15) is 0 Å². The van der Waals surface area contributed by atoms with E-state index in [9.17, 15) is 9.59 Å². The largest absolute Gasteiger partial charge is 0.497 e. The second-order valence-corrected chi connectivity index (χ2v) is 5.48. The van der Waals surface area contributed by atoms with Gasteiger partial charge in [-0.1, -0.05) is 30.3 Å². The van der Waals surface area contributed by atoms with Gasteiger partial charge in [0.25, 0.3) is 0 Å². The summed E-state index contributed by atoms with van der Waals surface area (Å²) in [7, 11) is 3.06. The van der Waals surface area contributed by atoms with Crippen molar-refractivity contribution in [1.29, 1.82) is 0 Å². The van der Waals surface area contributed by atoms with E-state index in [2.05, 4.69) is 0 Å². The maximum absolute atomic E-state index is 12.7. The molecule has 0 heterocycles. The number of hydrogen-bond acceptors (Lipinski definition) is 4. The molecule has 0 aliphatic heterocycles. The third kappa shape index (κ3) is 5.24. The third-order valence-electron chi connectivity index (χ3n) is 3.72. The number of methoxy groups -OCH3 is 2. The Balaban J connectivity index is 2.20. The lowest BCUT2D eigenvalue weighted by molar-refractivity contribution is -0.144. The highest BCUT2D eigenvalue weighted by atomic mass is 16.5. The molecule has 0 aromatic heterocycles. The monoisotopic (exact) mass is 343 g/mol. The zero-order chi connectivity index (χ0) is 18.2. The van der Waals surface area contributed by atoms with Gasteiger partial charge in [0.15, 0.2) is 0 Å². The summed E-state index contributed by atoms with van der Waals surface area (Å²) in [5, 5.41) is 9.12. The molecule has 0 saturated carbocycles. The number of nitrogens with zero attached hydrogens (tertiary/aromatic N) is 1. The van der Waals surface area contributed by atoms with Crippen molar-refractivity contribution in [2.75, 3.05) is 20.8 Å². The molecule has 0 bridgehead atoms. The summed E-state index contributed by atoms with van der Waals surface area (Å²) in [6.07, 6.45) is 0.0283. The predicted octanol–water partition coefficient (Wildman–Crippen LogP) is 2.36. The van der Waals surface area contributed by atoms with Crippen LogP contribution in [0, 0.1) is 0 Å². The minimum absolute atomic E-state index is 0.0283. The Morgan fingerprint density at radius 1 is 1.04 bits per heavy atom. The average molecular weight is 343 g/mol. The third-order valence-corrected chi connectivity index (χ3v) is 3.72. The average Bonchev–Trinajstić information content (AvgIpc) is 2.61. The molecular weight excluding hydrogens is 322 g/mol. The number of carbonyl (C=O) groups excluding carboxylic acids is 1. The standard InChI is InChI=1S/C19H21NO5/c1-24-16-8-9-17(25-2)15(10-16)11-18(21)20(13-19(22)23)12-14-6-4-3-5-7-14/h3-10H,11-13H2,1-2H3,(H,22,23). The van der Waals surface area contributed by atoms with Crippen molar-refractivity contribution in [2.45, 2.75) is 13.0 Å². The van der Waals surface area contributed by atoms with Crippen molar-refractivity contribution in [1.82, 2.24) is 4.90 Å². The summed E-state index contributed by atoms with van der Waals surface area (Å²) in [5.41, 5.74) is 1.52. The zero-order valence-corrected chi connectivity index (χ0v) is 14.3. The second-order valence-electron chi connectivity index (χ2n) is 5.48. The number of carboxylic acid groups (broad SMARTS) is 1. The summed E-state index contributed by atoms with van der Waals surface area (Å²) in [5.74, 6) is -0.180. The predicted molar refractivity (Wildman–Crippen MR) is 92.7 cm³/mol. The number of amides is 1. The summed E-state index contributed by atoms with van der Waals surface area (Å²) in [4.78, 5) is 25.1. The lowest BCUT2D eigenvalue weighted by Gasteiger charge is -2.21. The number of carboxylic acids is 1. The van der Waals surface area contributed by atoms with Crippen molar-refractivity contribution in [3.05, 3.63) is 59.7 Å². The van der Waals surface area contributed by atoms with Crippen LogP contribution in [0.4, 0.5) is 0 Å². The fraction of sp³-hybridized carbons (Fsp3) is 0.263. The Labute approximate surface area is 146 Å². The van der Waals surface area contributed by atoms with E-state index in [0.717, 1.165) is 5.56 Å². The molecule has 2 rings (SSSR count). The van der Waals surface area contributed by atoms with Gasteiger partial charge in [-0.25, -0.2) is 0 Å². The van der Waals surface area contributed by atoms with E-state index >= 15 is 0 Å². The Morgan fingerprint density at radius 3 is 2.36 bits per heavy atom. The molecule has 2 aromatic carbocycles. The molecule has 0 atom stereocenters. The summed E-state index contributed by atoms with van der Waals surface area (Å²) >= 11 is 0. The Bertz CT molecular complexity index is 730. The van der Waals surface area contributed by atoms with Gasteiger partial charge < -0.3 is 19.5 Å². The Kier molecular flexibility index (Phi) is 6.39. The van der Waals surface area contributed by atoms with E-state index in [1.54, 1.807) is 25.3 Å². The molecule has 25 heavy (non-hydrogen) atoms. The van der Waals surface area contributed by atoms with Crippen molar-refractivity contribution in [3.8, 4) is 11.5 Å². The van der Waals surface area contributed by atoms with Gasteiger partial charge in [-0.15, -0.1) is 0 Å². The molecule has 0 saturated heterocycles. The van der Waals surface area contributed by atoms with E-state index in [1.807, 2.05) is 30.3 Å². The molecular formula is C19H21NO5. The van der Waals surface area contributed by atoms with Crippen molar-refractivity contribution < 1.29 is 24.2 Å². The second kappa shape index (κ2) is 8.73. The number of hydrogen-bond donors (Lipinski definition) is 1. The number of rotatable bonds is 8. The summed E-state index contributed by atoms with van der Waals surface area (Å²) in [6.45, 7) is -0.127. The SMILES string of the molecule is COc1ccc(OC)c(CC(=O)N(CC(=O)O)Cc2ccccc2)c1. The number of benzene rings is 2. The van der Waals surface area contributed by atoms with Gasteiger partial charge in [0.05, 0.1) is 20.6 Å². The van der Waals surface area contributed by atoms with E-state index in [4.69, 9.17) is 14.6 Å². The van der Waals surface area contributed by atoms with E-state index < -0.39 is 5.97 Å². The molecule has 1 amide bonds. The summed E-state index contributed by atoms with van der Waals surface area (Å²) < 4.78 is 10.5. The highest BCUT2D eigenvalue weighted by Gasteiger charge is 2.19. The van der Waals surface area contributed by atoms with E-state index in [1.165, 1.54) is 12.0 Å². The first-order valence-electron chi connectivity index (χ1n) is 7.78.